The SMILES string of the molecule is O=C([O-])CCC/C=C/CC1C(OCc2cc(Cc3ccccc3)cs2)CC(O)C1N1CCOCC1. The Hall–Kier alpha value is -2.03. The smallest absolute Gasteiger partial charge is 0.0813 e. The fourth-order valence-corrected chi connectivity index (χ4v) is 6.09. The van der Waals surface area contributed by atoms with Crippen molar-refractivity contribution in [1.29, 1.82) is 0 Å². The van der Waals surface area contributed by atoms with E-state index >= 15 is 0 Å². The zero-order chi connectivity index (χ0) is 24.5. The second-order valence-corrected chi connectivity index (χ2v) is 10.5. The maximum absolute atomic E-state index is 11.0. The minimum absolute atomic E-state index is 0.0228. The minimum Gasteiger partial charge on any atom is -0.550 e. The summed E-state index contributed by atoms with van der Waals surface area (Å²) in [6.45, 7) is 3.60. The number of rotatable bonds is 12. The van der Waals surface area contributed by atoms with Crippen LogP contribution in [0.2, 0.25) is 0 Å². The number of carbonyl (C=O) groups excluding carboxylic acids is 1. The highest BCUT2D eigenvalue weighted by Gasteiger charge is 2.45. The number of unbranched alkanes of at least 4 members (excludes halogenated alkanes) is 1. The fourth-order valence-electron chi connectivity index (χ4n) is 5.28. The summed E-state index contributed by atoms with van der Waals surface area (Å²) in [7, 11) is 0. The molecule has 190 valence electrons. The van der Waals surface area contributed by atoms with Gasteiger partial charge >= 0.3 is 0 Å². The zero-order valence-electron chi connectivity index (χ0n) is 20.2. The number of morpholine rings is 1. The Morgan fingerprint density at radius 2 is 2.00 bits per heavy atom. The van der Waals surface area contributed by atoms with Gasteiger partial charge in [0, 0.05) is 42.3 Å². The summed E-state index contributed by atoms with van der Waals surface area (Å²) < 4.78 is 12.0. The van der Waals surface area contributed by atoms with Crippen molar-refractivity contribution in [1.82, 2.24) is 4.90 Å². The van der Waals surface area contributed by atoms with Crippen LogP contribution in [-0.4, -0.2) is 60.5 Å². The average Bonchev–Trinajstić information content (AvgIpc) is 3.44. The predicted octanol–water partition coefficient (Wildman–Crippen LogP) is 3.17. The highest BCUT2D eigenvalue weighted by Crippen LogP contribution is 2.37. The Morgan fingerprint density at radius 1 is 1.20 bits per heavy atom. The molecule has 2 aromatic rings. The molecular formula is C28H36NO5S-. The number of carbonyl (C=O) groups is 1. The van der Waals surface area contributed by atoms with Crippen LogP contribution in [0, 0.1) is 5.92 Å². The third-order valence-corrected chi connectivity index (χ3v) is 7.94. The third kappa shape index (κ3) is 7.72. The van der Waals surface area contributed by atoms with E-state index in [2.05, 4.69) is 52.8 Å². The van der Waals surface area contributed by atoms with E-state index in [1.165, 1.54) is 16.0 Å². The number of carboxylic acid groups (broad SMARTS) is 1. The van der Waals surface area contributed by atoms with Crippen molar-refractivity contribution < 1.29 is 24.5 Å². The number of thiophene rings is 1. The van der Waals surface area contributed by atoms with E-state index in [0.717, 1.165) is 32.4 Å². The van der Waals surface area contributed by atoms with E-state index in [-0.39, 0.29) is 24.5 Å². The Morgan fingerprint density at radius 3 is 2.77 bits per heavy atom. The monoisotopic (exact) mass is 498 g/mol. The first-order valence-electron chi connectivity index (χ1n) is 12.7. The van der Waals surface area contributed by atoms with Crippen molar-refractivity contribution in [2.24, 2.45) is 5.92 Å². The molecule has 4 atom stereocenters. The number of carboxylic acids is 1. The summed E-state index contributed by atoms with van der Waals surface area (Å²) in [5, 5.41) is 23.8. The molecule has 35 heavy (non-hydrogen) atoms. The van der Waals surface area contributed by atoms with Gasteiger partial charge in [0.15, 0.2) is 0 Å². The first-order chi connectivity index (χ1) is 17.1. The summed E-state index contributed by atoms with van der Waals surface area (Å²) in [6.07, 6.45) is 7.48. The summed E-state index contributed by atoms with van der Waals surface area (Å²) in [5.41, 5.74) is 2.60. The van der Waals surface area contributed by atoms with Gasteiger partial charge < -0.3 is 24.5 Å². The molecule has 1 N–H and O–H groups in total. The molecule has 7 heteroatoms. The lowest BCUT2D eigenvalue weighted by molar-refractivity contribution is -0.305. The lowest BCUT2D eigenvalue weighted by Gasteiger charge is -2.37. The van der Waals surface area contributed by atoms with Crippen molar-refractivity contribution >= 4 is 17.3 Å². The Labute approximate surface area is 212 Å². The van der Waals surface area contributed by atoms with Crippen molar-refractivity contribution in [2.75, 3.05) is 26.3 Å². The molecule has 2 heterocycles. The molecule has 6 nitrogen and oxygen atoms in total. The van der Waals surface area contributed by atoms with Gasteiger partial charge in [0.2, 0.25) is 0 Å². The highest BCUT2D eigenvalue weighted by molar-refractivity contribution is 7.10. The van der Waals surface area contributed by atoms with Gasteiger partial charge in [-0.05, 0) is 54.7 Å². The topological polar surface area (TPSA) is 82.1 Å². The Balaban J connectivity index is 1.36. The van der Waals surface area contributed by atoms with Crippen LogP contribution in [-0.2, 0) is 27.3 Å². The predicted molar refractivity (Wildman–Crippen MR) is 135 cm³/mol. The highest BCUT2D eigenvalue weighted by atomic mass is 32.1. The quantitative estimate of drug-likeness (QED) is 0.358. The zero-order valence-corrected chi connectivity index (χ0v) is 21.0. The molecular weight excluding hydrogens is 462 g/mol. The molecule has 1 aromatic carbocycles. The first-order valence-corrected chi connectivity index (χ1v) is 13.5. The summed E-state index contributed by atoms with van der Waals surface area (Å²) in [6, 6.07) is 12.8. The van der Waals surface area contributed by atoms with Crippen molar-refractivity contribution in [2.45, 2.75) is 63.4 Å². The maximum Gasteiger partial charge on any atom is 0.0813 e. The van der Waals surface area contributed by atoms with Gasteiger partial charge in [-0.1, -0.05) is 42.5 Å². The molecule has 2 fully saturated rings. The van der Waals surface area contributed by atoms with Crippen LogP contribution in [0.1, 0.15) is 48.1 Å². The molecule has 0 spiro atoms. The van der Waals surface area contributed by atoms with E-state index in [4.69, 9.17) is 9.47 Å². The number of ether oxygens (including phenoxy) is 2. The molecule has 1 saturated heterocycles. The maximum atomic E-state index is 11.0. The molecule has 4 unspecified atom stereocenters. The molecule has 1 saturated carbocycles. The van der Waals surface area contributed by atoms with Crippen LogP contribution in [0.15, 0.2) is 53.9 Å². The Bertz CT molecular complexity index is 940. The summed E-state index contributed by atoms with van der Waals surface area (Å²) in [4.78, 5) is 14.2. The number of aliphatic hydroxyl groups is 1. The Kier molecular flexibility index (Phi) is 9.92. The van der Waals surface area contributed by atoms with E-state index in [1.807, 2.05) is 6.07 Å². The van der Waals surface area contributed by atoms with Crippen molar-refractivity contribution in [3.63, 3.8) is 0 Å². The van der Waals surface area contributed by atoms with Crippen LogP contribution < -0.4 is 5.11 Å². The van der Waals surface area contributed by atoms with Crippen LogP contribution in [0.3, 0.4) is 0 Å². The van der Waals surface area contributed by atoms with Crippen LogP contribution in [0.5, 0.6) is 0 Å². The third-order valence-electron chi connectivity index (χ3n) is 6.98. The number of aliphatic hydroxyl groups excluding tert-OH is 1. The van der Waals surface area contributed by atoms with Crippen molar-refractivity contribution in [3.8, 4) is 0 Å². The van der Waals surface area contributed by atoms with Gasteiger partial charge in [0.1, 0.15) is 0 Å². The van der Waals surface area contributed by atoms with Crippen LogP contribution >= 0.6 is 11.3 Å². The molecule has 2 aliphatic rings. The van der Waals surface area contributed by atoms with E-state index < -0.39 is 12.1 Å². The van der Waals surface area contributed by atoms with Gasteiger partial charge in [-0.2, -0.15) is 0 Å². The van der Waals surface area contributed by atoms with E-state index in [9.17, 15) is 15.0 Å². The van der Waals surface area contributed by atoms with Gasteiger partial charge in [0.05, 0.1) is 32.0 Å². The molecule has 0 bridgehead atoms. The number of aliphatic carboxylic acids is 1. The number of nitrogens with zero attached hydrogens (tertiary/aromatic N) is 1. The fraction of sp³-hybridized carbons (Fsp3) is 0.536. The van der Waals surface area contributed by atoms with Crippen LogP contribution in [0.4, 0.5) is 0 Å². The number of hydrogen-bond acceptors (Lipinski definition) is 7. The van der Waals surface area contributed by atoms with E-state index in [0.29, 0.717) is 32.7 Å². The van der Waals surface area contributed by atoms with Gasteiger partial charge in [-0.3, -0.25) is 4.90 Å². The van der Waals surface area contributed by atoms with Gasteiger partial charge in [-0.15, -0.1) is 11.3 Å². The summed E-state index contributed by atoms with van der Waals surface area (Å²) >= 11 is 1.73. The van der Waals surface area contributed by atoms with Gasteiger partial charge in [0.25, 0.3) is 0 Å². The number of allylic oxidation sites excluding steroid dienone is 2. The van der Waals surface area contributed by atoms with Gasteiger partial charge in [-0.25, -0.2) is 0 Å². The molecule has 0 amide bonds. The average molecular weight is 499 g/mol. The summed E-state index contributed by atoms with van der Waals surface area (Å²) in [5.74, 6) is -0.817. The molecule has 1 aliphatic heterocycles. The minimum atomic E-state index is -1.00. The number of hydrogen-bond donors (Lipinski definition) is 1. The lowest BCUT2D eigenvalue weighted by atomic mass is 9.94. The molecule has 1 aromatic heterocycles. The number of benzene rings is 1. The van der Waals surface area contributed by atoms with E-state index in [1.54, 1.807) is 11.3 Å². The molecule has 4 rings (SSSR count). The second-order valence-electron chi connectivity index (χ2n) is 9.51. The largest absolute Gasteiger partial charge is 0.550 e. The first kappa shape index (κ1) is 26.0. The lowest BCUT2D eigenvalue weighted by Crippen LogP contribution is -2.50. The molecule has 0 radical (unpaired) electrons. The van der Waals surface area contributed by atoms with Crippen LogP contribution in [0.25, 0.3) is 0 Å². The molecule has 1 aliphatic carbocycles. The van der Waals surface area contributed by atoms with Crippen molar-refractivity contribution in [3.05, 3.63) is 69.9 Å². The second kappa shape index (κ2) is 13.3. The standard InChI is InChI=1S/C28H37NO5S/c30-25-18-26(34-19-23-17-22(20-35-23)16-21-8-4-3-5-9-21)24(10-6-1-2-7-11-27(31)32)28(25)29-12-14-33-15-13-29/h1,3-6,8-9,17,20,24-26,28,30H,2,7,10-16,18-19H2,(H,31,32)/p-1/b6-1+. The normalized spacial score (nSPS) is 25.4.